The smallest absolute Gasteiger partial charge is 0.350 e. The number of amides is 2. The van der Waals surface area contributed by atoms with Crippen LogP contribution in [0, 0.1) is 6.92 Å². The molecule has 180 valence electrons. The van der Waals surface area contributed by atoms with Gasteiger partial charge in [-0.2, -0.15) is 0 Å². The molecule has 1 aliphatic rings. The molecule has 0 atom stereocenters. The molecule has 0 unspecified atom stereocenters. The summed E-state index contributed by atoms with van der Waals surface area (Å²) in [5.41, 5.74) is 1.21. The molecule has 2 aromatic heterocycles. The molecule has 3 heterocycles. The number of carbonyl (C=O) groups excluding carboxylic acids is 3. The molecule has 0 aliphatic carbocycles. The van der Waals surface area contributed by atoms with E-state index in [1.165, 1.54) is 24.7 Å². The molecule has 1 aromatic carbocycles. The lowest BCUT2D eigenvalue weighted by Gasteiger charge is -2.36. The molecule has 9 nitrogen and oxygen atoms in total. The number of hydrogen-bond acceptors (Lipinski definition) is 7. The van der Waals surface area contributed by atoms with Crippen LogP contribution >= 0.6 is 11.3 Å². The third kappa shape index (κ3) is 5.28. The van der Waals surface area contributed by atoms with E-state index < -0.39 is 5.97 Å². The Bertz CT molecular complexity index is 1190. The van der Waals surface area contributed by atoms with Crippen LogP contribution in [0.25, 0.3) is 10.1 Å². The summed E-state index contributed by atoms with van der Waals surface area (Å²) in [5, 5.41) is 10.4. The Morgan fingerprint density at radius 3 is 2.38 bits per heavy atom. The number of ether oxygens (including phenoxy) is 1. The normalized spacial score (nSPS) is 15.5. The molecule has 1 aliphatic heterocycles. The number of thiophene rings is 1. The summed E-state index contributed by atoms with van der Waals surface area (Å²) >= 11 is 1.29. The van der Waals surface area contributed by atoms with E-state index in [1.807, 2.05) is 24.3 Å². The molecule has 34 heavy (non-hydrogen) atoms. The number of methoxy groups -OCH3 is 1. The molecule has 0 bridgehead atoms. The summed E-state index contributed by atoms with van der Waals surface area (Å²) < 4.78 is 11.1. The number of hydrogen-bond donors (Lipinski definition) is 2. The van der Waals surface area contributed by atoms with Crippen LogP contribution in [-0.4, -0.2) is 60.7 Å². The number of anilines is 2. The van der Waals surface area contributed by atoms with Crippen molar-refractivity contribution in [2.75, 3.05) is 43.9 Å². The van der Waals surface area contributed by atoms with Gasteiger partial charge in [0.15, 0.2) is 18.9 Å². The van der Waals surface area contributed by atoms with Gasteiger partial charge in [-0.15, -0.1) is 11.3 Å². The zero-order valence-corrected chi connectivity index (χ0v) is 20.2. The number of carbonyl (C=O) groups is 3. The number of nitrogens with one attached hydrogen (secondary N) is 2. The molecule has 10 heteroatoms. The Kier molecular flexibility index (Phi) is 7.28. The van der Waals surface area contributed by atoms with Crippen molar-refractivity contribution in [3.63, 3.8) is 0 Å². The first-order chi connectivity index (χ1) is 16.4. The zero-order valence-electron chi connectivity index (χ0n) is 19.4. The fourth-order valence-electron chi connectivity index (χ4n) is 4.51. The lowest BCUT2D eigenvalue weighted by atomic mass is 10.2. The van der Waals surface area contributed by atoms with Gasteiger partial charge in [0.05, 0.1) is 25.9 Å². The summed E-state index contributed by atoms with van der Waals surface area (Å²) in [5.74, 6) is -0.531. The van der Waals surface area contributed by atoms with Gasteiger partial charge in [-0.3, -0.25) is 9.59 Å². The highest BCUT2D eigenvalue weighted by molar-refractivity contribution is 7.21. The van der Waals surface area contributed by atoms with Crippen LogP contribution < -0.4 is 10.6 Å². The maximum atomic E-state index is 13.3. The van der Waals surface area contributed by atoms with Gasteiger partial charge in [-0.25, -0.2) is 4.79 Å². The molecule has 0 saturated carbocycles. The quantitative estimate of drug-likeness (QED) is 0.387. The van der Waals surface area contributed by atoms with Crippen LogP contribution in [0.2, 0.25) is 0 Å². The minimum Gasteiger partial charge on any atom is -0.465 e. The fraction of sp³-hybridized carbons (Fsp3) is 0.417. The van der Waals surface area contributed by atoms with Crippen LogP contribution in [0.4, 0.5) is 11.5 Å². The third-order valence-electron chi connectivity index (χ3n) is 6.21. The molecule has 3 aromatic rings. The summed E-state index contributed by atoms with van der Waals surface area (Å²) in [6, 6.07) is 7.53. The van der Waals surface area contributed by atoms with Crippen molar-refractivity contribution in [2.45, 2.75) is 32.6 Å². The summed E-state index contributed by atoms with van der Waals surface area (Å²) in [6.45, 7) is 3.56. The molecule has 2 amide bonds. The highest BCUT2D eigenvalue weighted by Gasteiger charge is 2.35. The van der Waals surface area contributed by atoms with Gasteiger partial charge in [-0.1, -0.05) is 23.4 Å². The van der Waals surface area contributed by atoms with E-state index in [-0.39, 0.29) is 24.9 Å². The highest BCUT2D eigenvalue weighted by atomic mass is 32.1. The SMILES string of the molecule is COC(=O)c1sc2ccccc2c1NC(=O)C[N+]1(CC(=O)Nc2nocc2C)CCCCCC1. The van der Waals surface area contributed by atoms with Gasteiger partial charge >= 0.3 is 5.97 Å². The number of quaternary nitrogens is 1. The second-order valence-corrected chi connectivity index (χ2v) is 9.81. The van der Waals surface area contributed by atoms with Gasteiger partial charge in [0, 0.05) is 15.6 Å². The molecular weight excluding hydrogens is 456 g/mol. The number of fused-ring (bicyclic) bond motifs is 1. The van der Waals surface area contributed by atoms with Gasteiger partial charge in [0.1, 0.15) is 11.1 Å². The van der Waals surface area contributed by atoms with E-state index in [9.17, 15) is 14.4 Å². The van der Waals surface area contributed by atoms with Gasteiger partial charge < -0.3 is 24.4 Å². The molecule has 2 N–H and O–H groups in total. The van der Waals surface area contributed by atoms with Crippen LogP contribution in [0.15, 0.2) is 35.1 Å². The number of likely N-dealkylation sites (tertiary alicyclic amines) is 1. The predicted octanol–water partition coefficient (Wildman–Crippen LogP) is 3.95. The first-order valence-electron chi connectivity index (χ1n) is 11.4. The van der Waals surface area contributed by atoms with Crippen LogP contribution in [0.3, 0.4) is 0 Å². The zero-order chi connectivity index (χ0) is 24.1. The van der Waals surface area contributed by atoms with Crippen molar-refractivity contribution in [3.8, 4) is 0 Å². The first-order valence-corrected chi connectivity index (χ1v) is 12.2. The molecule has 1 saturated heterocycles. The Morgan fingerprint density at radius 2 is 1.74 bits per heavy atom. The minimum absolute atomic E-state index is 0.135. The summed E-state index contributed by atoms with van der Waals surface area (Å²) in [4.78, 5) is 39.0. The Hall–Kier alpha value is -3.24. The Morgan fingerprint density at radius 1 is 1.06 bits per heavy atom. The molecule has 4 rings (SSSR count). The van der Waals surface area contributed by atoms with Crippen LogP contribution in [-0.2, 0) is 14.3 Å². The minimum atomic E-state index is -0.488. The van der Waals surface area contributed by atoms with E-state index in [0.717, 1.165) is 54.4 Å². The number of benzene rings is 1. The number of esters is 1. The second kappa shape index (κ2) is 10.4. The lowest BCUT2D eigenvalue weighted by molar-refractivity contribution is -0.912. The number of aromatic nitrogens is 1. The van der Waals surface area contributed by atoms with Crippen molar-refractivity contribution in [2.24, 2.45) is 0 Å². The van der Waals surface area contributed by atoms with Crippen molar-refractivity contribution in [1.82, 2.24) is 5.16 Å². The van der Waals surface area contributed by atoms with E-state index in [0.29, 0.717) is 20.9 Å². The van der Waals surface area contributed by atoms with Crippen molar-refractivity contribution in [3.05, 3.63) is 41.0 Å². The van der Waals surface area contributed by atoms with E-state index >= 15 is 0 Å². The van der Waals surface area contributed by atoms with Crippen molar-refractivity contribution >= 4 is 50.7 Å². The Balaban J connectivity index is 1.55. The van der Waals surface area contributed by atoms with Gasteiger partial charge in [0.2, 0.25) is 0 Å². The van der Waals surface area contributed by atoms with E-state index in [2.05, 4.69) is 15.8 Å². The standard InChI is InChI=1S/C24H28N4O5S/c1-16-15-33-27-23(16)26-20(30)14-28(11-7-3-4-8-12-28)13-19(29)25-21-17-9-5-6-10-18(17)34-22(21)24(31)32-2/h5-6,9-10,15H,3-4,7-8,11-14H2,1-2H3,(H-,25,26,27,29,30,31)/p+1. The molecule has 0 spiro atoms. The van der Waals surface area contributed by atoms with Gasteiger partial charge in [0.25, 0.3) is 11.8 Å². The van der Waals surface area contributed by atoms with Crippen molar-refractivity contribution < 1.29 is 28.1 Å². The summed E-state index contributed by atoms with van der Waals surface area (Å²) in [6.07, 6.45) is 5.51. The molecule has 1 fully saturated rings. The number of rotatable bonds is 7. The van der Waals surface area contributed by atoms with E-state index in [1.54, 1.807) is 6.92 Å². The largest absolute Gasteiger partial charge is 0.465 e. The van der Waals surface area contributed by atoms with Crippen molar-refractivity contribution in [1.29, 1.82) is 0 Å². The maximum Gasteiger partial charge on any atom is 0.350 e. The number of nitrogens with zero attached hydrogens (tertiary/aromatic N) is 2. The average Bonchev–Trinajstić information content (AvgIpc) is 3.30. The lowest BCUT2D eigenvalue weighted by Crippen LogP contribution is -2.56. The van der Waals surface area contributed by atoms with Gasteiger partial charge in [-0.05, 0) is 38.7 Å². The van der Waals surface area contributed by atoms with Crippen LogP contribution in [0.1, 0.15) is 40.9 Å². The fourth-order valence-corrected chi connectivity index (χ4v) is 5.58. The van der Waals surface area contributed by atoms with E-state index in [4.69, 9.17) is 9.26 Å². The highest BCUT2D eigenvalue weighted by Crippen LogP contribution is 2.36. The number of aryl methyl sites for hydroxylation is 1. The second-order valence-electron chi connectivity index (χ2n) is 8.76. The van der Waals surface area contributed by atoms with Crippen LogP contribution in [0.5, 0.6) is 0 Å². The molecule has 0 radical (unpaired) electrons. The predicted molar refractivity (Wildman–Crippen MR) is 130 cm³/mol. The monoisotopic (exact) mass is 485 g/mol. The summed E-state index contributed by atoms with van der Waals surface area (Å²) in [7, 11) is 1.32. The average molecular weight is 486 g/mol. The first kappa shape index (κ1) is 23.9. The Labute approximate surface area is 201 Å². The topological polar surface area (TPSA) is 111 Å². The maximum absolute atomic E-state index is 13.3. The molecular formula is C24H29N4O5S+. The third-order valence-corrected chi connectivity index (χ3v) is 7.36.